The summed E-state index contributed by atoms with van der Waals surface area (Å²) in [4.78, 5) is 50.9. The normalized spacial score (nSPS) is 35.8. The SMILES string of the molecule is CC(C)CN1C(=O)C(=O)N(CC(=O)NC23CC4CC(CC(C4)C2)C3)C1=O. The molecule has 5 fully saturated rings. The molecule has 4 saturated carbocycles. The van der Waals surface area contributed by atoms with Crippen LogP contribution < -0.4 is 5.32 Å². The maximum atomic E-state index is 12.6. The van der Waals surface area contributed by atoms with Crippen LogP contribution in [-0.2, 0) is 14.4 Å². The number of hydrogen-bond acceptors (Lipinski definition) is 4. The number of urea groups is 1. The number of amides is 5. The highest BCUT2D eigenvalue weighted by Crippen LogP contribution is 2.55. The van der Waals surface area contributed by atoms with Crippen LogP contribution in [0.1, 0.15) is 52.4 Å². The van der Waals surface area contributed by atoms with Crippen molar-refractivity contribution in [3.05, 3.63) is 0 Å². The average molecular weight is 361 g/mol. The van der Waals surface area contributed by atoms with Crippen molar-refractivity contribution in [2.24, 2.45) is 23.7 Å². The van der Waals surface area contributed by atoms with E-state index in [4.69, 9.17) is 0 Å². The van der Waals surface area contributed by atoms with Gasteiger partial charge in [0, 0.05) is 12.1 Å². The fourth-order valence-corrected chi connectivity index (χ4v) is 5.96. The third-order valence-electron chi connectivity index (χ3n) is 6.43. The van der Waals surface area contributed by atoms with Crippen LogP contribution in [0.5, 0.6) is 0 Å². The van der Waals surface area contributed by atoms with Crippen molar-refractivity contribution < 1.29 is 19.2 Å². The van der Waals surface area contributed by atoms with E-state index >= 15 is 0 Å². The second-order valence-corrected chi connectivity index (χ2v) is 9.23. The Morgan fingerprint density at radius 1 is 1.00 bits per heavy atom. The number of carbonyl (C=O) groups is 4. The molecular formula is C19H27N3O4. The number of hydrogen-bond donors (Lipinski definition) is 1. The number of carbonyl (C=O) groups excluding carboxylic acids is 4. The molecule has 0 aromatic rings. The molecule has 1 aliphatic heterocycles. The van der Waals surface area contributed by atoms with E-state index in [1.54, 1.807) is 0 Å². The molecule has 1 saturated heterocycles. The summed E-state index contributed by atoms with van der Waals surface area (Å²) in [6, 6.07) is -0.672. The molecule has 0 aromatic heterocycles. The average Bonchev–Trinajstić information content (AvgIpc) is 2.70. The van der Waals surface area contributed by atoms with Gasteiger partial charge in [-0.15, -0.1) is 0 Å². The predicted molar refractivity (Wildman–Crippen MR) is 92.7 cm³/mol. The predicted octanol–water partition coefficient (Wildman–Crippen LogP) is 1.52. The summed E-state index contributed by atoms with van der Waals surface area (Å²) in [5.41, 5.74) is -0.167. The molecule has 0 spiro atoms. The zero-order chi connectivity index (χ0) is 18.6. The summed E-state index contributed by atoms with van der Waals surface area (Å²) in [7, 11) is 0. The maximum Gasteiger partial charge on any atom is 0.334 e. The highest BCUT2D eigenvalue weighted by atomic mass is 16.2. The van der Waals surface area contributed by atoms with Gasteiger partial charge >= 0.3 is 17.8 Å². The fourth-order valence-electron chi connectivity index (χ4n) is 5.96. The van der Waals surface area contributed by atoms with Gasteiger partial charge in [-0.3, -0.25) is 19.3 Å². The third kappa shape index (κ3) is 2.91. The van der Waals surface area contributed by atoms with Crippen molar-refractivity contribution >= 4 is 23.8 Å². The molecule has 0 unspecified atom stereocenters. The van der Waals surface area contributed by atoms with Crippen LogP contribution >= 0.6 is 0 Å². The highest BCUT2D eigenvalue weighted by Gasteiger charge is 2.52. The quantitative estimate of drug-likeness (QED) is 0.594. The van der Waals surface area contributed by atoms with Gasteiger partial charge in [-0.05, 0) is 62.2 Å². The van der Waals surface area contributed by atoms with E-state index in [9.17, 15) is 19.2 Å². The Bertz CT molecular complexity index is 636. The van der Waals surface area contributed by atoms with Gasteiger partial charge in [-0.1, -0.05) is 13.8 Å². The molecule has 5 aliphatic rings. The Balaban J connectivity index is 1.41. The number of imide groups is 2. The topological polar surface area (TPSA) is 86.8 Å². The van der Waals surface area contributed by atoms with Crippen molar-refractivity contribution in [1.29, 1.82) is 0 Å². The van der Waals surface area contributed by atoms with Gasteiger partial charge in [0.05, 0.1) is 0 Å². The van der Waals surface area contributed by atoms with E-state index in [0.29, 0.717) is 17.8 Å². The molecular weight excluding hydrogens is 334 g/mol. The summed E-state index contributed by atoms with van der Waals surface area (Å²) in [6.07, 6.45) is 6.84. The summed E-state index contributed by atoms with van der Waals surface area (Å²) in [6.45, 7) is 3.57. The molecule has 5 rings (SSSR count). The molecule has 26 heavy (non-hydrogen) atoms. The van der Waals surface area contributed by atoms with Crippen LogP contribution in [-0.4, -0.2) is 52.2 Å². The van der Waals surface area contributed by atoms with Crippen molar-refractivity contribution in [3.8, 4) is 0 Å². The van der Waals surface area contributed by atoms with Crippen molar-refractivity contribution in [3.63, 3.8) is 0 Å². The molecule has 1 N–H and O–H groups in total. The van der Waals surface area contributed by atoms with Crippen LogP contribution in [0.15, 0.2) is 0 Å². The van der Waals surface area contributed by atoms with Gasteiger partial charge in [0.15, 0.2) is 0 Å². The molecule has 5 amide bonds. The highest BCUT2D eigenvalue weighted by molar-refractivity contribution is 6.45. The maximum absolute atomic E-state index is 12.6. The summed E-state index contributed by atoms with van der Waals surface area (Å²) in [5.74, 6) is 0.103. The molecule has 1 heterocycles. The Kier molecular flexibility index (Phi) is 4.08. The number of rotatable bonds is 5. The van der Waals surface area contributed by atoms with E-state index in [2.05, 4.69) is 5.32 Å². The lowest BCUT2D eigenvalue weighted by molar-refractivity contribution is -0.144. The van der Waals surface area contributed by atoms with Crippen molar-refractivity contribution in [1.82, 2.24) is 15.1 Å². The molecule has 4 bridgehead atoms. The molecule has 142 valence electrons. The van der Waals surface area contributed by atoms with Gasteiger partial charge < -0.3 is 5.32 Å². The summed E-state index contributed by atoms with van der Waals surface area (Å²) >= 11 is 0. The monoisotopic (exact) mass is 361 g/mol. The first-order chi connectivity index (χ1) is 12.3. The molecule has 4 aliphatic carbocycles. The van der Waals surface area contributed by atoms with Gasteiger partial charge in [-0.25, -0.2) is 9.69 Å². The third-order valence-corrected chi connectivity index (χ3v) is 6.43. The first kappa shape index (κ1) is 17.5. The first-order valence-corrected chi connectivity index (χ1v) is 9.74. The van der Waals surface area contributed by atoms with Gasteiger partial charge in [-0.2, -0.15) is 0 Å². The van der Waals surface area contributed by atoms with E-state index in [1.165, 1.54) is 19.3 Å². The Morgan fingerprint density at radius 3 is 2.00 bits per heavy atom. The smallest absolute Gasteiger partial charge is 0.334 e. The van der Waals surface area contributed by atoms with Crippen LogP contribution in [0.3, 0.4) is 0 Å². The minimum absolute atomic E-state index is 0.0662. The van der Waals surface area contributed by atoms with Gasteiger partial charge in [0.1, 0.15) is 6.54 Å². The number of nitrogens with zero attached hydrogens (tertiary/aromatic N) is 2. The zero-order valence-corrected chi connectivity index (χ0v) is 15.5. The van der Waals surface area contributed by atoms with Crippen molar-refractivity contribution in [2.45, 2.75) is 57.9 Å². The van der Waals surface area contributed by atoms with Crippen LogP contribution in [0.25, 0.3) is 0 Å². The molecule has 7 heteroatoms. The molecule has 0 atom stereocenters. The molecule has 0 radical (unpaired) electrons. The van der Waals surface area contributed by atoms with Crippen molar-refractivity contribution in [2.75, 3.05) is 13.1 Å². The second-order valence-electron chi connectivity index (χ2n) is 9.23. The minimum Gasteiger partial charge on any atom is -0.349 e. The Morgan fingerprint density at radius 2 is 1.50 bits per heavy atom. The van der Waals surface area contributed by atoms with E-state index in [-0.39, 0.29) is 30.5 Å². The second kappa shape index (κ2) is 6.06. The van der Waals surface area contributed by atoms with Crippen LogP contribution in [0.2, 0.25) is 0 Å². The summed E-state index contributed by atoms with van der Waals surface area (Å²) < 4.78 is 0. The number of nitrogens with one attached hydrogen (secondary N) is 1. The van der Waals surface area contributed by atoms with E-state index in [0.717, 1.165) is 29.1 Å². The first-order valence-electron chi connectivity index (χ1n) is 9.74. The minimum atomic E-state index is -0.892. The lowest BCUT2D eigenvalue weighted by Gasteiger charge is -2.56. The molecule has 7 nitrogen and oxygen atoms in total. The van der Waals surface area contributed by atoms with Gasteiger partial charge in [0.2, 0.25) is 5.91 Å². The van der Waals surface area contributed by atoms with E-state index < -0.39 is 17.8 Å². The fraction of sp³-hybridized carbons (Fsp3) is 0.789. The largest absolute Gasteiger partial charge is 0.349 e. The van der Waals surface area contributed by atoms with E-state index in [1.807, 2.05) is 13.8 Å². The Hall–Kier alpha value is -1.92. The van der Waals surface area contributed by atoms with Crippen LogP contribution in [0, 0.1) is 23.7 Å². The Labute approximate surface area is 153 Å². The van der Waals surface area contributed by atoms with Gasteiger partial charge in [0.25, 0.3) is 0 Å². The molecule has 0 aromatic carbocycles. The lowest BCUT2D eigenvalue weighted by Crippen LogP contribution is -2.61. The summed E-state index contributed by atoms with van der Waals surface area (Å²) in [5, 5.41) is 3.15. The standard InChI is InChI=1S/C19H27N3O4/c1-11(2)9-21-16(24)17(25)22(18(21)26)10-15(23)20-19-6-12-3-13(7-19)5-14(4-12)8-19/h11-14H,3-10H2,1-2H3,(H,20,23). The van der Waals surface area contributed by atoms with Crippen LogP contribution in [0.4, 0.5) is 4.79 Å². The lowest BCUT2D eigenvalue weighted by atomic mass is 9.53. The zero-order valence-electron chi connectivity index (χ0n) is 15.5.